The molecule has 1 amide bonds. The molecule has 1 aliphatic rings. The predicted molar refractivity (Wildman–Crippen MR) is 115 cm³/mol. The van der Waals surface area contributed by atoms with Gasteiger partial charge in [0.15, 0.2) is 11.6 Å². The molecule has 1 aliphatic heterocycles. The summed E-state index contributed by atoms with van der Waals surface area (Å²) in [6.45, 7) is 2.19. The van der Waals surface area contributed by atoms with Crippen molar-refractivity contribution in [2.75, 3.05) is 31.0 Å². The zero-order valence-electron chi connectivity index (χ0n) is 16.7. The fourth-order valence-electron chi connectivity index (χ4n) is 3.38. The van der Waals surface area contributed by atoms with Crippen LogP contribution in [0.3, 0.4) is 0 Å². The molecule has 12 heteroatoms. The molecular weight excluding hydrogens is 464 g/mol. The summed E-state index contributed by atoms with van der Waals surface area (Å²) in [5, 5.41) is 0. The van der Waals surface area contributed by atoms with E-state index in [2.05, 4.69) is 4.72 Å². The van der Waals surface area contributed by atoms with Crippen LogP contribution in [0.25, 0.3) is 10.2 Å². The third-order valence-electron chi connectivity index (χ3n) is 5.03. The second-order valence-corrected chi connectivity index (χ2v) is 9.80. The van der Waals surface area contributed by atoms with Crippen molar-refractivity contribution >= 4 is 43.2 Å². The number of benzene rings is 2. The number of amides is 1. The highest BCUT2D eigenvalue weighted by atomic mass is 32.2. The number of anilines is 1. The topological polar surface area (TPSA) is 97.7 Å². The monoisotopic (exact) mass is 483 g/mol. The molecule has 0 spiro atoms. The molecule has 32 heavy (non-hydrogen) atoms. The van der Waals surface area contributed by atoms with E-state index in [0.29, 0.717) is 36.5 Å². The molecule has 8 nitrogen and oxygen atoms in total. The quantitative estimate of drug-likeness (QED) is 0.581. The molecule has 1 aromatic heterocycles. The molecule has 0 unspecified atom stereocenters. The van der Waals surface area contributed by atoms with Crippen LogP contribution in [-0.4, -0.2) is 50.1 Å². The van der Waals surface area contributed by atoms with Crippen molar-refractivity contribution in [3.8, 4) is 0 Å². The number of aryl methyl sites for hydroxylation is 1. The Hall–Kier alpha value is -2.83. The molecule has 1 fully saturated rings. The summed E-state index contributed by atoms with van der Waals surface area (Å²) in [5.74, 6) is -2.34. The standard InChI is InChI=1S/C20H19F2N3O5S2/c21-15-3-1-13(11-16(15)22)23-32(28,29)14-2-4-17-18(12-14)31-20(27)25(17)6-5-19(26)24-7-9-30-10-8-24/h1-4,11-12,23H,5-10H2. The number of rotatable bonds is 6. The number of ether oxygens (including phenoxy) is 1. The molecule has 4 rings (SSSR count). The third kappa shape index (κ3) is 4.66. The van der Waals surface area contributed by atoms with E-state index >= 15 is 0 Å². The maximum Gasteiger partial charge on any atom is 0.308 e. The van der Waals surface area contributed by atoms with Gasteiger partial charge in [0.2, 0.25) is 5.91 Å². The Kier molecular flexibility index (Phi) is 6.26. The first-order valence-electron chi connectivity index (χ1n) is 9.71. The Labute approximate surface area is 186 Å². The lowest BCUT2D eigenvalue weighted by Gasteiger charge is -2.26. The summed E-state index contributed by atoms with van der Waals surface area (Å²) < 4.78 is 61.1. The molecule has 2 heterocycles. The number of halogens is 2. The van der Waals surface area contributed by atoms with E-state index in [9.17, 15) is 26.8 Å². The third-order valence-corrected chi connectivity index (χ3v) is 7.36. The lowest BCUT2D eigenvalue weighted by atomic mass is 10.3. The predicted octanol–water partition coefficient (Wildman–Crippen LogP) is 2.39. The average Bonchev–Trinajstić information content (AvgIpc) is 3.09. The van der Waals surface area contributed by atoms with E-state index in [-0.39, 0.29) is 34.3 Å². The maximum absolute atomic E-state index is 13.4. The van der Waals surface area contributed by atoms with Crippen LogP contribution in [0, 0.1) is 11.6 Å². The second kappa shape index (κ2) is 8.96. The summed E-state index contributed by atoms with van der Waals surface area (Å²) in [6.07, 6.45) is 0.142. The number of carbonyl (C=O) groups is 1. The van der Waals surface area contributed by atoms with Crippen molar-refractivity contribution in [3.63, 3.8) is 0 Å². The van der Waals surface area contributed by atoms with Crippen molar-refractivity contribution in [1.29, 1.82) is 0 Å². The number of nitrogens with zero attached hydrogens (tertiary/aromatic N) is 2. The molecule has 3 aromatic rings. The van der Waals surface area contributed by atoms with Crippen molar-refractivity contribution < 1.29 is 26.7 Å². The molecular formula is C20H19F2N3O5S2. The van der Waals surface area contributed by atoms with Crippen LogP contribution in [0.2, 0.25) is 0 Å². The summed E-state index contributed by atoms with van der Waals surface area (Å²) in [4.78, 5) is 26.1. The lowest BCUT2D eigenvalue weighted by Crippen LogP contribution is -2.41. The van der Waals surface area contributed by atoms with E-state index in [0.717, 1.165) is 29.5 Å². The number of carbonyl (C=O) groups excluding carboxylic acids is 1. The van der Waals surface area contributed by atoms with E-state index in [1.807, 2.05) is 0 Å². The van der Waals surface area contributed by atoms with Gasteiger partial charge in [-0.2, -0.15) is 0 Å². The maximum atomic E-state index is 13.4. The van der Waals surface area contributed by atoms with Gasteiger partial charge < -0.3 is 9.64 Å². The number of hydrogen-bond donors (Lipinski definition) is 1. The van der Waals surface area contributed by atoms with Crippen LogP contribution in [0.4, 0.5) is 14.5 Å². The SMILES string of the molecule is O=C(CCn1c(=O)sc2cc(S(=O)(=O)Nc3ccc(F)c(F)c3)ccc21)N1CCOCC1. The van der Waals surface area contributed by atoms with Gasteiger partial charge in [-0.3, -0.25) is 18.9 Å². The van der Waals surface area contributed by atoms with Crippen molar-refractivity contribution in [1.82, 2.24) is 9.47 Å². The van der Waals surface area contributed by atoms with Crippen molar-refractivity contribution in [3.05, 3.63) is 57.7 Å². The average molecular weight is 484 g/mol. The van der Waals surface area contributed by atoms with Gasteiger partial charge in [-0.25, -0.2) is 17.2 Å². The van der Waals surface area contributed by atoms with Crippen LogP contribution in [-0.2, 0) is 26.1 Å². The largest absolute Gasteiger partial charge is 0.378 e. The number of fused-ring (bicyclic) bond motifs is 1. The first-order chi connectivity index (χ1) is 15.2. The van der Waals surface area contributed by atoms with Crippen LogP contribution in [0.5, 0.6) is 0 Å². The molecule has 1 N–H and O–H groups in total. The highest BCUT2D eigenvalue weighted by molar-refractivity contribution is 7.92. The summed E-state index contributed by atoms with van der Waals surface area (Å²) >= 11 is 0.868. The van der Waals surface area contributed by atoms with Gasteiger partial charge in [0, 0.05) is 32.1 Å². The molecule has 1 saturated heterocycles. The minimum absolute atomic E-state index is 0.0746. The number of thiazole rings is 1. The van der Waals surface area contributed by atoms with Gasteiger partial charge in [0.25, 0.3) is 10.0 Å². The Bertz CT molecular complexity index is 1330. The molecule has 170 valence electrons. The normalized spacial score (nSPS) is 14.6. The number of morpholine rings is 1. The van der Waals surface area contributed by atoms with Gasteiger partial charge in [-0.1, -0.05) is 11.3 Å². The summed E-state index contributed by atoms with van der Waals surface area (Å²) in [6, 6.07) is 6.81. The zero-order chi connectivity index (χ0) is 22.9. The number of sulfonamides is 1. The Morgan fingerprint density at radius 3 is 2.56 bits per heavy atom. The van der Waals surface area contributed by atoms with Gasteiger partial charge in [-0.15, -0.1) is 0 Å². The highest BCUT2D eigenvalue weighted by Gasteiger charge is 2.20. The molecule has 0 radical (unpaired) electrons. The second-order valence-electron chi connectivity index (χ2n) is 7.13. The first kappa shape index (κ1) is 22.4. The van der Waals surface area contributed by atoms with Gasteiger partial charge >= 0.3 is 4.87 Å². The van der Waals surface area contributed by atoms with Crippen LogP contribution >= 0.6 is 11.3 Å². The molecule has 2 aromatic carbocycles. The Morgan fingerprint density at radius 2 is 1.84 bits per heavy atom. The minimum Gasteiger partial charge on any atom is -0.378 e. The van der Waals surface area contributed by atoms with E-state index in [1.54, 1.807) is 4.90 Å². The van der Waals surface area contributed by atoms with Gasteiger partial charge in [0.05, 0.1) is 34.0 Å². The summed E-state index contributed by atoms with van der Waals surface area (Å²) in [7, 11) is -4.09. The first-order valence-corrected chi connectivity index (χ1v) is 12.0. The smallest absolute Gasteiger partial charge is 0.308 e. The Morgan fingerprint density at radius 1 is 1.09 bits per heavy atom. The van der Waals surface area contributed by atoms with E-state index < -0.39 is 21.7 Å². The minimum atomic E-state index is -4.09. The number of nitrogens with one attached hydrogen (secondary N) is 1. The molecule has 0 saturated carbocycles. The Balaban J connectivity index is 1.54. The number of hydrogen-bond acceptors (Lipinski definition) is 6. The number of aromatic nitrogens is 1. The van der Waals surface area contributed by atoms with E-state index in [1.165, 1.54) is 22.8 Å². The lowest BCUT2D eigenvalue weighted by molar-refractivity contribution is -0.135. The zero-order valence-corrected chi connectivity index (χ0v) is 18.3. The highest BCUT2D eigenvalue weighted by Crippen LogP contribution is 2.24. The van der Waals surface area contributed by atoms with Gasteiger partial charge in [0.1, 0.15) is 0 Å². The summed E-state index contributed by atoms with van der Waals surface area (Å²) in [5.41, 5.74) is 0.387. The van der Waals surface area contributed by atoms with Crippen LogP contribution < -0.4 is 9.60 Å². The fraction of sp³-hybridized carbons (Fsp3) is 0.300. The van der Waals surface area contributed by atoms with E-state index in [4.69, 9.17) is 4.74 Å². The molecule has 0 atom stereocenters. The van der Waals surface area contributed by atoms with Gasteiger partial charge in [-0.05, 0) is 30.3 Å². The van der Waals surface area contributed by atoms with Crippen LogP contribution in [0.15, 0.2) is 46.1 Å². The molecule has 0 bridgehead atoms. The molecule has 0 aliphatic carbocycles. The van der Waals surface area contributed by atoms with Crippen LogP contribution in [0.1, 0.15) is 6.42 Å². The fourth-order valence-corrected chi connectivity index (χ4v) is 5.48. The van der Waals surface area contributed by atoms with Crippen molar-refractivity contribution in [2.45, 2.75) is 17.9 Å². The van der Waals surface area contributed by atoms with Crippen molar-refractivity contribution in [2.24, 2.45) is 0 Å².